The van der Waals surface area contributed by atoms with Gasteiger partial charge in [0.15, 0.2) is 0 Å². The Hall–Kier alpha value is -1.18. The van der Waals surface area contributed by atoms with E-state index in [1.165, 1.54) is 0 Å². The summed E-state index contributed by atoms with van der Waals surface area (Å²) in [6, 6.07) is 4.53. The molecule has 0 fully saturated rings. The highest BCUT2D eigenvalue weighted by atomic mass is 79.9. The highest BCUT2D eigenvalue weighted by Gasteiger charge is 2.23. The van der Waals surface area contributed by atoms with E-state index in [1.807, 2.05) is 6.92 Å². The molecule has 1 N–H and O–H groups in total. The molecule has 0 aliphatic carbocycles. The Balaban J connectivity index is 2.27. The van der Waals surface area contributed by atoms with Gasteiger partial charge in [-0.15, -0.1) is 0 Å². The first-order valence-electron chi connectivity index (χ1n) is 6.00. The second kappa shape index (κ2) is 5.67. The Morgan fingerprint density at radius 3 is 2.60 bits per heavy atom. The first-order chi connectivity index (χ1) is 9.29. The van der Waals surface area contributed by atoms with Gasteiger partial charge < -0.3 is 4.42 Å². The van der Waals surface area contributed by atoms with Crippen molar-refractivity contribution in [3.8, 4) is 0 Å². The third-order valence-electron chi connectivity index (χ3n) is 2.72. The van der Waals surface area contributed by atoms with E-state index in [9.17, 15) is 8.42 Å². The van der Waals surface area contributed by atoms with Crippen molar-refractivity contribution >= 4 is 26.0 Å². The molecule has 0 aliphatic heterocycles. The van der Waals surface area contributed by atoms with Gasteiger partial charge in [0.25, 0.3) is 0 Å². The smallest absolute Gasteiger partial charge is 0.242 e. The fraction of sp³-hybridized carbons (Fsp3) is 0.308. The summed E-state index contributed by atoms with van der Waals surface area (Å²) in [6.45, 7) is 5.34. The van der Waals surface area contributed by atoms with Crippen molar-refractivity contribution < 1.29 is 12.8 Å². The van der Waals surface area contributed by atoms with Gasteiger partial charge in [0.05, 0.1) is 17.1 Å². The molecule has 0 amide bonds. The van der Waals surface area contributed by atoms with Crippen molar-refractivity contribution in [2.75, 3.05) is 0 Å². The van der Waals surface area contributed by atoms with E-state index in [2.05, 4.69) is 25.6 Å². The number of nitrogens with one attached hydrogen (secondary N) is 1. The highest BCUT2D eigenvalue weighted by molar-refractivity contribution is 9.10. The minimum atomic E-state index is -3.64. The Morgan fingerprint density at radius 1 is 1.35 bits per heavy atom. The van der Waals surface area contributed by atoms with Gasteiger partial charge in [0, 0.05) is 4.47 Å². The van der Waals surface area contributed by atoms with Crippen LogP contribution in [0, 0.1) is 13.8 Å². The normalized spacial score (nSPS) is 13.4. The largest absolute Gasteiger partial charge is 0.444 e. The number of oxazole rings is 1. The number of sulfonamides is 1. The molecule has 20 heavy (non-hydrogen) atoms. The first-order valence-corrected chi connectivity index (χ1v) is 8.28. The molecular weight excluding hydrogens is 344 g/mol. The zero-order valence-electron chi connectivity index (χ0n) is 11.3. The molecule has 5 nitrogen and oxygen atoms in total. The summed E-state index contributed by atoms with van der Waals surface area (Å²) in [4.78, 5) is 4.22. The van der Waals surface area contributed by atoms with Gasteiger partial charge in [0.1, 0.15) is 5.76 Å². The lowest BCUT2D eigenvalue weighted by atomic mass is 10.2. The number of nitrogens with zero attached hydrogens (tertiary/aromatic N) is 1. The Labute approximate surface area is 126 Å². The molecule has 7 heteroatoms. The Kier molecular flexibility index (Phi) is 4.31. The minimum absolute atomic E-state index is 0.193. The molecule has 2 rings (SSSR count). The van der Waals surface area contributed by atoms with Gasteiger partial charge in [-0.2, -0.15) is 4.72 Å². The molecule has 0 saturated heterocycles. The Morgan fingerprint density at radius 2 is 2.05 bits per heavy atom. The highest BCUT2D eigenvalue weighted by Crippen LogP contribution is 2.24. The van der Waals surface area contributed by atoms with E-state index in [-0.39, 0.29) is 4.90 Å². The molecule has 0 bridgehead atoms. The molecule has 1 heterocycles. The molecule has 1 aromatic heterocycles. The van der Waals surface area contributed by atoms with E-state index < -0.39 is 16.1 Å². The fourth-order valence-electron chi connectivity index (χ4n) is 1.74. The van der Waals surface area contributed by atoms with Crippen LogP contribution >= 0.6 is 15.9 Å². The maximum atomic E-state index is 12.3. The molecular formula is C13H15BrN2O3S. The summed E-state index contributed by atoms with van der Waals surface area (Å²) < 4.78 is 33.1. The lowest BCUT2D eigenvalue weighted by Crippen LogP contribution is -2.27. The van der Waals surface area contributed by atoms with Crippen LogP contribution in [0.15, 0.2) is 38.2 Å². The third-order valence-corrected chi connectivity index (χ3v) is 5.24. The summed E-state index contributed by atoms with van der Waals surface area (Å²) in [5.74, 6) is 0.983. The van der Waals surface area contributed by atoms with E-state index in [4.69, 9.17) is 4.42 Å². The van der Waals surface area contributed by atoms with Gasteiger partial charge in [-0.1, -0.05) is 6.07 Å². The standard InChI is InChI=1S/C13H15BrN2O3S/c1-8-4-5-12(11(14)6-8)20(17,18)16-10(3)13-15-7-9(2)19-13/h4-7,10,16H,1-3H3. The van der Waals surface area contributed by atoms with E-state index in [0.29, 0.717) is 16.1 Å². The number of aromatic nitrogens is 1. The molecule has 0 aliphatic rings. The SMILES string of the molecule is Cc1ccc(S(=O)(=O)NC(C)c2ncc(C)o2)c(Br)c1. The van der Waals surface area contributed by atoms with Crippen molar-refractivity contribution in [3.63, 3.8) is 0 Å². The van der Waals surface area contributed by atoms with Gasteiger partial charge in [-0.3, -0.25) is 0 Å². The van der Waals surface area contributed by atoms with Gasteiger partial charge in [-0.25, -0.2) is 13.4 Å². The van der Waals surface area contributed by atoms with Crippen LogP contribution < -0.4 is 4.72 Å². The molecule has 1 atom stereocenters. The summed E-state index contributed by atoms with van der Waals surface area (Å²) in [7, 11) is -3.64. The van der Waals surface area contributed by atoms with E-state index >= 15 is 0 Å². The number of benzene rings is 1. The third kappa shape index (κ3) is 3.28. The van der Waals surface area contributed by atoms with Crippen LogP contribution in [0.3, 0.4) is 0 Å². The topological polar surface area (TPSA) is 72.2 Å². The molecule has 108 valence electrons. The quantitative estimate of drug-likeness (QED) is 0.911. The van der Waals surface area contributed by atoms with Crippen molar-refractivity contribution in [1.82, 2.24) is 9.71 Å². The van der Waals surface area contributed by atoms with Gasteiger partial charge in [0.2, 0.25) is 15.9 Å². The summed E-state index contributed by atoms with van der Waals surface area (Å²) >= 11 is 3.27. The number of hydrogen-bond acceptors (Lipinski definition) is 4. The average Bonchev–Trinajstić information content (AvgIpc) is 2.74. The number of rotatable bonds is 4. The van der Waals surface area contributed by atoms with Crippen molar-refractivity contribution in [2.45, 2.75) is 31.7 Å². The minimum Gasteiger partial charge on any atom is -0.444 e. The van der Waals surface area contributed by atoms with Crippen molar-refractivity contribution in [1.29, 1.82) is 0 Å². The molecule has 1 aromatic carbocycles. The van der Waals surface area contributed by atoms with Crippen LogP contribution in [0.2, 0.25) is 0 Å². The van der Waals surface area contributed by atoms with E-state index in [1.54, 1.807) is 38.2 Å². The lowest BCUT2D eigenvalue weighted by Gasteiger charge is -2.12. The lowest BCUT2D eigenvalue weighted by molar-refractivity contribution is 0.427. The number of hydrogen-bond donors (Lipinski definition) is 1. The first kappa shape index (κ1) is 15.2. The average molecular weight is 359 g/mol. The van der Waals surface area contributed by atoms with Crippen LogP contribution in [0.4, 0.5) is 0 Å². The van der Waals surface area contributed by atoms with Crippen molar-refractivity contribution in [2.24, 2.45) is 0 Å². The number of aryl methyl sites for hydroxylation is 2. The van der Waals surface area contributed by atoms with Crippen LogP contribution in [0.25, 0.3) is 0 Å². The molecule has 0 saturated carbocycles. The van der Waals surface area contributed by atoms with Crippen LogP contribution in [-0.4, -0.2) is 13.4 Å². The zero-order valence-corrected chi connectivity index (χ0v) is 13.7. The van der Waals surface area contributed by atoms with E-state index in [0.717, 1.165) is 5.56 Å². The Bertz CT molecular complexity index is 725. The summed E-state index contributed by atoms with van der Waals surface area (Å²) in [5, 5.41) is 0. The second-order valence-electron chi connectivity index (χ2n) is 4.59. The molecule has 0 spiro atoms. The number of halogens is 1. The van der Waals surface area contributed by atoms with Crippen LogP contribution in [0.5, 0.6) is 0 Å². The van der Waals surface area contributed by atoms with Gasteiger partial charge >= 0.3 is 0 Å². The van der Waals surface area contributed by atoms with Crippen LogP contribution in [-0.2, 0) is 10.0 Å². The van der Waals surface area contributed by atoms with Gasteiger partial charge in [-0.05, 0) is 54.4 Å². The predicted molar refractivity (Wildman–Crippen MR) is 78.9 cm³/mol. The van der Waals surface area contributed by atoms with Crippen molar-refractivity contribution in [3.05, 3.63) is 46.1 Å². The molecule has 1 unspecified atom stereocenters. The maximum absolute atomic E-state index is 12.3. The molecule has 2 aromatic rings. The van der Waals surface area contributed by atoms with Crippen LogP contribution in [0.1, 0.15) is 30.2 Å². The summed E-state index contributed by atoms with van der Waals surface area (Å²) in [5.41, 5.74) is 0.979. The monoisotopic (exact) mass is 358 g/mol. The molecule has 0 radical (unpaired) electrons. The predicted octanol–water partition coefficient (Wildman–Crippen LogP) is 3.09. The zero-order chi connectivity index (χ0) is 14.9. The summed E-state index contributed by atoms with van der Waals surface area (Å²) in [6.07, 6.45) is 1.56. The maximum Gasteiger partial charge on any atom is 0.242 e. The fourth-order valence-corrected chi connectivity index (χ4v) is 4.13. The second-order valence-corrected chi connectivity index (χ2v) is 7.12.